The molecule has 2 fully saturated rings. The fourth-order valence-electron chi connectivity index (χ4n) is 2.88. The molecule has 1 N–H and O–H groups in total. The van der Waals surface area contributed by atoms with E-state index in [9.17, 15) is 4.79 Å². The molecule has 0 saturated carbocycles. The molecular formula is C14H26N2OS. The van der Waals surface area contributed by atoms with E-state index in [0.29, 0.717) is 11.2 Å². The van der Waals surface area contributed by atoms with E-state index in [4.69, 9.17) is 0 Å². The lowest BCUT2D eigenvalue weighted by Crippen LogP contribution is -2.40. The van der Waals surface area contributed by atoms with Crippen molar-refractivity contribution >= 4 is 17.7 Å². The Labute approximate surface area is 115 Å². The Kier molecular flexibility index (Phi) is 5.37. The van der Waals surface area contributed by atoms with Crippen molar-refractivity contribution < 1.29 is 4.79 Å². The third-order valence-corrected chi connectivity index (χ3v) is 5.39. The second-order valence-electron chi connectivity index (χ2n) is 5.52. The van der Waals surface area contributed by atoms with Crippen LogP contribution in [-0.4, -0.2) is 40.6 Å². The summed E-state index contributed by atoms with van der Waals surface area (Å²) >= 11 is 2.05. The van der Waals surface area contributed by atoms with Crippen molar-refractivity contribution in [3.05, 3.63) is 0 Å². The predicted molar refractivity (Wildman–Crippen MR) is 77.7 cm³/mol. The topological polar surface area (TPSA) is 32.3 Å². The van der Waals surface area contributed by atoms with Gasteiger partial charge in [-0.25, -0.2) is 0 Å². The first kappa shape index (κ1) is 14.2. The molecule has 2 heterocycles. The first-order valence-electron chi connectivity index (χ1n) is 7.40. The summed E-state index contributed by atoms with van der Waals surface area (Å²) in [4.78, 5) is 14.4. The molecular weight excluding hydrogens is 244 g/mol. The van der Waals surface area contributed by atoms with Crippen LogP contribution in [0.1, 0.15) is 52.4 Å². The van der Waals surface area contributed by atoms with Gasteiger partial charge in [0, 0.05) is 11.8 Å². The highest BCUT2D eigenvalue weighted by Crippen LogP contribution is 2.27. The van der Waals surface area contributed by atoms with E-state index in [-0.39, 0.29) is 12.2 Å². The van der Waals surface area contributed by atoms with Crippen LogP contribution in [0.5, 0.6) is 0 Å². The molecule has 3 atom stereocenters. The lowest BCUT2D eigenvalue weighted by atomic mass is 10.1. The molecule has 3 unspecified atom stereocenters. The molecule has 2 rings (SSSR count). The largest absolute Gasteiger partial charge is 0.325 e. The highest BCUT2D eigenvalue weighted by Gasteiger charge is 2.36. The van der Waals surface area contributed by atoms with Crippen molar-refractivity contribution in [3.8, 4) is 0 Å². The van der Waals surface area contributed by atoms with Crippen LogP contribution in [0.2, 0.25) is 0 Å². The fraction of sp³-hybridized carbons (Fsp3) is 0.929. The van der Waals surface area contributed by atoms with Crippen molar-refractivity contribution in [1.82, 2.24) is 10.2 Å². The lowest BCUT2D eigenvalue weighted by Gasteiger charge is -2.28. The zero-order valence-corrected chi connectivity index (χ0v) is 12.5. The summed E-state index contributed by atoms with van der Waals surface area (Å²) in [7, 11) is 0. The number of unbranched alkanes of at least 4 members (excludes halogenated alkanes) is 1. The van der Waals surface area contributed by atoms with Gasteiger partial charge in [0.05, 0.1) is 12.2 Å². The normalized spacial score (nSPS) is 33.1. The number of carbonyl (C=O) groups is 1. The van der Waals surface area contributed by atoms with Gasteiger partial charge in [0.2, 0.25) is 5.91 Å². The molecule has 0 bridgehead atoms. The number of nitrogens with one attached hydrogen (secondary N) is 1. The van der Waals surface area contributed by atoms with Gasteiger partial charge in [-0.2, -0.15) is 11.8 Å². The van der Waals surface area contributed by atoms with Crippen LogP contribution in [-0.2, 0) is 4.79 Å². The Bertz CT molecular complexity index is 279. The molecule has 0 spiro atoms. The molecule has 1 amide bonds. The van der Waals surface area contributed by atoms with Crippen LogP contribution in [0.4, 0.5) is 0 Å². The molecule has 3 nitrogen and oxygen atoms in total. The molecule has 0 aromatic heterocycles. The van der Waals surface area contributed by atoms with Gasteiger partial charge >= 0.3 is 0 Å². The number of hydrogen-bond acceptors (Lipinski definition) is 3. The van der Waals surface area contributed by atoms with Crippen LogP contribution >= 0.6 is 11.8 Å². The zero-order chi connectivity index (χ0) is 13.0. The third-order valence-electron chi connectivity index (χ3n) is 4.01. The van der Waals surface area contributed by atoms with E-state index < -0.39 is 0 Å². The number of amides is 1. The molecule has 2 aliphatic heterocycles. The molecule has 2 saturated heterocycles. The van der Waals surface area contributed by atoms with E-state index in [0.717, 1.165) is 25.8 Å². The van der Waals surface area contributed by atoms with Gasteiger partial charge in [0.1, 0.15) is 0 Å². The number of hydrogen-bond donors (Lipinski definition) is 1. The van der Waals surface area contributed by atoms with Crippen molar-refractivity contribution in [3.63, 3.8) is 0 Å². The van der Waals surface area contributed by atoms with Crippen LogP contribution in [0.15, 0.2) is 0 Å². The molecule has 2 aliphatic rings. The van der Waals surface area contributed by atoms with Crippen molar-refractivity contribution in [2.45, 2.75) is 69.8 Å². The van der Waals surface area contributed by atoms with Gasteiger partial charge in [-0.1, -0.05) is 26.2 Å². The smallest absolute Gasteiger partial charge is 0.241 e. The maximum Gasteiger partial charge on any atom is 0.241 e. The summed E-state index contributed by atoms with van der Waals surface area (Å²) < 4.78 is 0. The van der Waals surface area contributed by atoms with Crippen LogP contribution in [0.3, 0.4) is 0 Å². The molecule has 0 radical (unpaired) electrons. The molecule has 104 valence electrons. The Morgan fingerprint density at radius 3 is 2.94 bits per heavy atom. The Morgan fingerprint density at radius 2 is 2.28 bits per heavy atom. The SMILES string of the molecule is CCCCC1NC(C)N(CC2CCCCS2)C1=O. The van der Waals surface area contributed by atoms with Crippen LogP contribution in [0.25, 0.3) is 0 Å². The van der Waals surface area contributed by atoms with E-state index >= 15 is 0 Å². The first-order chi connectivity index (χ1) is 8.72. The molecule has 18 heavy (non-hydrogen) atoms. The maximum absolute atomic E-state index is 12.3. The summed E-state index contributed by atoms with van der Waals surface area (Å²) in [5.74, 6) is 1.61. The number of rotatable bonds is 5. The van der Waals surface area contributed by atoms with Crippen molar-refractivity contribution in [2.24, 2.45) is 0 Å². The third kappa shape index (κ3) is 3.41. The van der Waals surface area contributed by atoms with Gasteiger partial charge in [-0.15, -0.1) is 0 Å². The second kappa shape index (κ2) is 6.80. The van der Waals surface area contributed by atoms with Gasteiger partial charge in [0.25, 0.3) is 0 Å². The van der Waals surface area contributed by atoms with Crippen LogP contribution in [0, 0.1) is 0 Å². The van der Waals surface area contributed by atoms with E-state index in [2.05, 4.69) is 35.8 Å². The highest BCUT2D eigenvalue weighted by molar-refractivity contribution is 7.99. The minimum absolute atomic E-state index is 0.0774. The summed E-state index contributed by atoms with van der Waals surface area (Å²) in [6.45, 7) is 5.25. The van der Waals surface area contributed by atoms with Crippen LogP contribution < -0.4 is 5.32 Å². The van der Waals surface area contributed by atoms with Crippen molar-refractivity contribution in [1.29, 1.82) is 0 Å². The molecule has 4 heteroatoms. The minimum atomic E-state index is 0.0774. The lowest BCUT2D eigenvalue weighted by molar-refractivity contribution is -0.130. The van der Waals surface area contributed by atoms with Crippen molar-refractivity contribution in [2.75, 3.05) is 12.3 Å². The van der Waals surface area contributed by atoms with Gasteiger partial charge in [0.15, 0.2) is 0 Å². The van der Waals surface area contributed by atoms with E-state index in [1.807, 2.05) is 0 Å². The first-order valence-corrected chi connectivity index (χ1v) is 8.45. The fourth-order valence-corrected chi connectivity index (χ4v) is 4.18. The zero-order valence-electron chi connectivity index (χ0n) is 11.7. The second-order valence-corrected chi connectivity index (χ2v) is 6.92. The van der Waals surface area contributed by atoms with E-state index in [1.165, 1.54) is 25.0 Å². The molecule has 0 aromatic carbocycles. The van der Waals surface area contributed by atoms with Gasteiger partial charge in [-0.05, 0) is 31.9 Å². The predicted octanol–water partition coefficient (Wildman–Crippen LogP) is 2.61. The van der Waals surface area contributed by atoms with Gasteiger partial charge < -0.3 is 4.90 Å². The summed E-state index contributed by atoms with van der Waals surface area (Å²) in [6, 6.07) is 0.0774. The maximum atomic E-state index is 12.3. The standard InChI is InChI=1S/C14H26N2OS/c1-3-4-8-13-14(17)16(11(2)15-13)10-12-7-5-6-9-18-12/h11-13,15H,3-10H2,1-2H3. The molecule has 0 aliphatic carbocycles. The monoisotopic (exact) mass is 270 g/mol. The minimum Gasteiger partial charge on any atom is -0.325 e. The average molecular weight is 270 g/mol. The Hall–Kier alpha value is -0.220. The quantitative estimate of drug-likeness (QED) is 0.833. The summed E-state index contributed by atoms with van der Waals surface area (Å²) in [5, 5.41) is 4.11. The average Bonchev–Trinajstić information content (AvgIpc) is 2.65. The summed E-state index contributed by atoms with van der Waals surface area (Å²) in [5.41, 5.74) is 0. The Balaban J connectivity index is 1.85. The summed E-state index contributed by atoms with van der Waals surface area (Å²) in [6.07, 6.45) is 7.49. The van der Waals surface area contributed by atoms with E-state index in [1.54, 1.807) is 0 Å². The Morgan fingerprint density at radius 1 is 1.44 bits per heavy atom. The van der Waals surface area contributed by atoms with Gasteiger partial charge in [-0.3, -0.25) is 10.1 Å². The number of nitrogens with zero attached hydrogens (tertiary/aromatic N) is 1. The highest BCUT2D eigenvalue weighted by atomic mass is 32.2. The number of carbonyl (C=O) groups excluding carboxylic acids is 1. The number of thioether (sulfide) groups is 1. The molecule has 0 aromatic rings.